The van der Waals surface area contributed by atoms with Crippen LogP contribution in [0, 0.1) is 11.8 Å². The van der Waals surface area contributed by atoms with Gasteiger partial charge in [0.2, 0.25) is 0 Å². The predicted molar refractivity (Wildman–Crippen MR) is 104 cm³/mol. The number of fused-ring (bicyclic) bond motifs is 1. The van der Waals surface area contributed by atoms with Gasteiger partial charge in [-0.05, 0) is 23.1 Å². The van der Waals surface area contributed by atoms with Gasteiger partial charge in [0.15, 0.2) is 0 Å². The first-order valence-electron chi connectivity index (χ1n) is 8.44. The first-order chi connectivity index (χ1) is 12.7. The van der Waals surface area contributed by atoms with Gasteiger partial charge in [0, 0.05) is 29.6 Å². The second-order valence-electron chi connectivity index (χ2n) is 5.79. The number of hydrogen-bond acceptors (Lipinski definition) is 3. The maximum Gasteiger partial charge on any atom is 0.407 e. The van der Waals surface area contributed by atoms with Gasteiger partial charge in [-0.15, -0.1) is 0 Å². The van der Waals surface area contributed by atoms with Crippen molar-refractivity contribution >= 4 is 22.6 Å². The lowest BCUT2D eigenvalue weighted by molar-refractivity contribution is 0.140. The molecular formula is C22H20N2O2. The van der Waals surface area contributed by atoms with Crippen LogP contribution in [0.15, 0.2) is 66.7 Å². The topological polar surface area (TPSA) is 64.3 Å². The molecule has 3 rings (SSSR count). The third-order valence-electron chi connectivity index (χ3n) is 3.91. The monoisotopic (exact) mass is 344 g/mol. The van der Waals surface area contributed by atoms with Crippen molar-refractivity contribution in [1.29, 1.82) is 0 Å². The van der Waals surface area contributed by atoms with Crippen molar-refractivity contribution in [3.63, 3.8) is 0 Å². The Morgan fingerprint density at radius 1 is 0.962 bits per heavy atom. The molecule has 0 saturated carbocycles. The Morgan fingerprint density at radius 3 is 2.50 bits per heavy atom. The van der Waals surface area contributed by atoms with Crippen LogP contribution in [-0.2, 0) is 11.3 Å². The van der Waals surface area contributed by atoms with Crippen LogP contribution in [-0.4, -0.2) is 12.6 Å². The van der Waals surface area contributed by atoms with Gasteiger partial charge in [-0.2, -0.15) is 0 Å². The van der Waals surface area contributed by atoms with Gasteiger partial charge in [-0.1, -0.05) is 66.4 Å². The summed E-state index contributed by atoms with van der Waals surface area (Å²) in [6.07, 6.45) is 0.104. The van der Waals surface area contributed by atoms with E-state index in [1.807, 2.05) is 66.7 Å². The van der Waals surface area contributed by atoms with Crippen molar-refractivity contribution in [3.05, 3.63) is 77.9 Å². The van der Waals surface area contributed by atoms with Crippen LogP contribution < -0.4 is 11.1 Å². The van der Waals surface area contributed by atoms with Crippen molar-refractivity contribution in [2.24, 2.45) is 0 Å². The number of carbonyl (C=O) groups is 1. The van der Waals surface area contributed by atoms with Crippen LogP contribution >= 0.6 is 0 Å². The fraction of sp³-hybridized carbons (Fsp3) is 0.136. The van der Waals surface area contributed by atoms with Crippen molar-refractivity contribution < 1.29 is 9.53 Å². The van der Waals surface area contributed by atoms with Crippen LogP contribution in [0.25, 0.3) is 10.8 Å². The standard InChI is InChI=1S/C22H20N2O2/c23-21-14-13-18(19-11-4-5-12-20(19)21)10-6-7-15-24-22(25)26-16-17-8-2-1-3-9-17/h1-5,8-9,11-14H,7,15-16,23H2,(H,24,25). The number of carbonyl (C=O) groups excluding carboxylic acids is 1. The summed E-state index contributed by atoms with van der Waals surface area (Å²) < 4.78 is 5.15. The van der Waals surface area contributed by atoms with Crippen molar-refractivity contribution in [2.75, 3.05) is 12.3 Å². The summed E-state index contributed by atoms with van der Waals surface area (Å²) in [5.74, 6) is 6.23. The van der Waals surface area contributed by atoms with Crippen molar-refractivity contribution in [2.45, 2.75) is 13.0 Å². The van der Waals surface area contributed by atoms with E-state index in [4.69, 9.17) is 10.5 Å². The van der Waals surface area contributed by atoms with Gasteiger partial charge in [0.1, 0.15) is 6.61 Å². The van der Waals surface area contributed by atoms with Gasteiger partial charge in [-0.3, -0.25) is 0 Å². The molecule has 0 spiro atoms. The maximum atomic E-state index is 11.7. The summed E-state index contributed by atoms with van der Waals surface area (Å²) in [4.78, 5) is 11.7. The first kappa shape index (κ1) is 17.4. The lowest BCUT2D eigenvalue weighted by Gasteiger charge is -2.05. The van der Waals surface area contributed by atoms with Gasteiger partial charge < -0.3 is 15.8 Å². The van der Waals surface area contributed by atoms with E-state index in [9.17, 15) is 4.79 Å². The zero-order valence-corrected chi connectivity index (χ0v) is 14.4. The molecule has 130 valence electrons. The highest BCUT2D eigenvalue weighted by Crippen LogP contribution is 2.23. The van der Waals surface area contributed by atoms with E-state index in [0.717, 1.165) is 27.6 Å². The van der Waals surface area contributed by atoms with E-state index in [1.165, 1.54) is 0 Å². The molecule has 0 bridgehead atoms. The van der Waals surface area contributed by atoms with Crippen LogP contribution in [0.5, 0.6) is 0 Å². The second-order valence-corrected chi connectivity index (χ2v) is 5.79. The zero-order valence-electron chi connectivity index (χ0n) is 14.4. The third kappa shape index (κ3) is 4.55. The van der Waals surface area contributed by atoms with Crippen LogP contribution in [0.3, 0.4) is 0 Å². The quantitative estimate of drug-likeness (QED) is 0.426. The summed E-state index contributed by atoms with van der Waals surface area (Å²) in [6, 6.07) is 21.3. The Labute approximate surface area is 153 Å². The molecule has 4 nitrogen and oxygen atoms in total. The van der Waals surface area contributed by atoms with Crippen molar-refractivity contribution in [3.8, 4) is 11.8 Å². The molecule has 3 N–H and O–H groups in total. The molecule has 0 aliphatic carbocycles. The van der Waals surface area contributed by atoms with Gasteiger partial charge in [0.25, 0.3) is 0 Å². The van der Waals surface area contributed by atoms with E-state index < -0.39 is 6.09 Å². The first-order valence-corrected chi connectivity index (χ1v) is 8.44. The minimum atomic E-state index is -0.436. The van der Waals surface area contributed by atoms with E-state index in [2.05, 4.69) is 17.2 Å². The molecule has 0 heterocycles. The number of nitrogens with two attached hydrogens (primary N) is 1. The number of amides is 1. The van der Waals surface area contributed by atoms with E-state index >= 15 is 0 Å². The lowest BCUT2D eigenvalue weighted by atomic mass is 10.0. The Balaban J connectivity index is 1.49. The zero-order chi connectivity index (χ0) is 18.2. The Bertz CT molecular complexity index is 956. The minimum absolute atomic E-state index is 0.260. The Morgan fingerprint density at radius 2 is 1.69 bits per heavy atom. The van der Waals surface area contributed by atoms with E-state index in [0.29, 0.717) is 13.0 Å². The van der Waals surface area contributed by atoms with Crippen molar-refractivity contribution in [1.82, 2.24) is 5.32 Å². The summed E-state index contributed by atoms with van der Waals surface area (Å²) in [5, 5.41) is 4.74. The molecule has 26 heavy (non-hydrogen) atoms. The molecular weight excluding hydrogens is 324 g/mol. The summed E-state index contributed by atoms with van der Waals surface area (Å²) in [6.45, 7) is 0.698. The number of anilines is 1. The molecule has 3 aromatic rings. The SMILES string of the molecule is Nc1ccc(C#CCCNC(=O)OCc2ccccc2)c2ccccc12. The molecule has 0 fully saturated rings. The number of hydrogen-bond donors (Lipinski definition) is 2. The van der Waals surface area contributed by atoms with Gasteiger partial charge in [-0.25, -0.2) is 4.79 Å². The minimum Gasteiger partial charge on any atom is -0.445 e. The molecule has 3 aromatic carbocycles. The fourth-order valence-electron chi connectivity index (χ4n) is 2.59. The molecule has 0 aromatic heterocycles. The normalized spacial score (nSPS) is 10.0. The van der Waals surface area contributed by atoms with Crippen LogP contribution in [0.2, 0.25) is 0 Å². The van der Waals surface area contributed by atoms with E-state index in [-0.39, 0.29) is 6.61 Å². The highest BCUT2D eigenvalue weighted by molar-refractivity contribution is 5.96. The smallest absolute Gasteiger partial charge is 0.407 e. The Kier molecular flexibility index (Phi) is 5.74. The molecule has 1 amide bonds. The van der Waals surface area contributed by atoms with Crippen LogP contribution in [0.1, 0.15) is 17.5 Å². The number of nitrogen functional groups attached to an aromatic ring is 1. The molecule has 0 aliphatic heterocycles. The molecule has 0 saturated heterocycles. The van der Waals surface area contributed by atoms with Crippen LogP contribution in [0.4, 0.5) is 10.5 Å². The molecule has 0 atom stereocenters. The fourth-order valence-corrected chi connectivity index (χ4v) is 2.59. The number of nitrogens with one attached hydrogen (secondary N) is 1. The lowest BCUT2D eigenvalue weighted by Crippen LogP contribution is -2.24. The molecule has 0 unspecified atom stereocenters. The number of benzene rings is 3. The average Bonchev–Trinajstić information content (AvgIpc) is 2.69. The Hall–Kier alpha value is -3.45. The number of ether oxygens (including phenoxy) is 1. The molecule has 0 radical (unpaired) electrons. The van der Waals surface area contributed by atoms with E-state index in [1.54, 1.807) is 0 Å². The van der Waals surface area contributed by atoms with Gasteiger partial charge in [0.05, 0.1) is 0 Å². The number of alkyl carbamates (subject to hydrolysis) is 1. The summed E-state index contributed by atoms with van der Waals surface area (Å²) >= 11 is 0. The van der Waals surface area contributed by atoms with Gasteiger partial charge >= 0.3 is 6.09 Å². The highest BCUT2D eigenvalue weighted by Gasteiger charge is 2.02. The molecule has 0 aliphatic rings. The maximum absolute atomic E-state index is 11.7. The largest absolute Gasteiger partial charge is 0.445 e. The number of rotatable bonds is 4. The molecule has 4 heteroatoms. The predicted octanol–water partition coefficient (Wildman–Crippen LogP) is 4.09. The average molecular weight is 344 g/mol. The summed E-state index contributed by atoms with van der Waals surface area (Å²) in [5.41, 5.74) is 8.63. The highest BCUT2D eigenvalue weighted by atomic mass is 16.5. The third-order valence-corrected chi connectivity index (χ3v) is 3.91. The summed E-state index contributed by atoms with van der Waals surface area (Å²) in [7, 11) is 0. The second kappa shape index (κ2) is 8.59.